The van der Waals surface area contributed by atoms with Gasteiger partial charge in [0.2, 0.25) is 5.91 Å². The minimum absolute atomic E-state index is 0.167. The molecule has 3 amide bonds. The lowest BCUT2D eigenvalue weighted by Gasteiger charge is -2.20. The molecule has 0 saturated carbocycles. The molecule has 2 aromatic rings. The number of hydrogen-bond acceptors (Lipinski definition) is 6. The number of anilines is 2. The summed E-state index contributed by atoms with van der Waals surface area (Å²) in [5.41, 5.74) is 4.26. The topological polar surface area (TPSA) is 94.4 Å². The summed E-state index contributed by atoms with van der Waals surface area (Å²) in [4.78, 5) is 39.5. The van der Waals surface area contributed by atoms with Gasteiger partial charge < -0.3 is 5.32 Å². The van der Waals surface area contributed by atoms with E-state index in [1.807, 2.05) is 44.2 Å². The van der Waals surface area contributed by atoms with Crippen molar-refractivity contribution in [3.8, 4) is 0 Å². The number of nitrogens with zero attached hydrogens (tertiary/aromatic N) is 4. The molecule has 2 heterocycles. The second kappa shape index (κ2) is 7.70. The molecule has 0 bridgehead atoms. The van der Waals surface area contributed by atoms with Crippen LogP contribution < -0.4 is 10.2 Å². The number of benzene rings is 2. The third-order valence-corrected chi connectivity index (χ3v) is 5.27. The van der Waals surface area contributed by atoms with Crippen LogP contribution >= 0.6 is 0 Å². The Morgan fingerprint density at radius 2 is 1.70 bits per heavy atom. The largest absolute Gasteiger partial charge is 0.324 e. The van der Waals surface area contributed by atoms with Gasteiger partial charge in [0.15, 0.2) is 12.1 Å². The predicted octanol–water partition coefficient (Wildman–Crippen LogP) is 2.80. The Kier molecular flexibility index (Phi) is 5.07. The van der Waals surface area contributed by atoms with Gasteiger partial charge in [-0.25, -0.2) is 4.90 Å². The molecule has 1 fully saturated rings. The molecule has 8 nitrogen and oxygen atoms in total. The van der Waals surface area contributed by atoms with Gasteiger partial charge in [0, 0.05) is 5.69 Å². The van der Waals surface area contributed by atoms with E-state index in [2.05, 4.69) is 22.6 Å². The van der Waals surface area contributed by atoms with Crippen LogP contribution in [0.15, 0.2) is 52.8 Å². The van der Waals surface area contributed by atoms with Crippen molar-refractivity contribution in [2.45, 2.75) is 39.3 Å². The van der Waals surface area contributed by atoms with Gasteiger partial charge in [-0.05, 0) is 61.2 Å². The number of carbonyl (C=O) groups is 3. The van der Waals surface area contributed by atoms with Crippen molar-refractivity contribution in [1.29, 1.82) is 0 Å². The summed E-state index contributed by atoms with van der Waals surface area (Å²) in [6, 6.07) is 11.3. The molecule has 0 spiro atoms. The van der Waals surface area contributed by atoms with E-state index in [-0.39, 0.29) is 12.5 Å². The maximum Gasteiger partial charge on any atom is 0.263 e. The van der Waals surface area contributed by atoms with Gasteiger partial charge in [0.25, 0.3) is 11.8 Å². The van der Waals surface area contributed by atoms with Gasteiger partial charge in [-0.15, -0.1) is 0 Å². The number of carbonyl (C=O) groups excluding carboxylic acids is 3. The summed E-state index contributed by atoms with van der Waals surface area (Å²) in [6.07, 6.45) is 0.915. The zero-order valence-electron chi connectivity index (χ0n) is 17.1. The van der Waals surface area contributed by atoms with Crippen LogP contribution in [0.25, 0.3) is 0 Å². The van der Waals surface area contributed by atoms with Crippen LogP contribution in [-0.4, -0.2) is 41.4 Å². The van der Waals surface area contributed by atoms with Crippen LogP contribution in [0.5, 0.6) is 0 Å². The van der Waals surface area contributed by atoms with Crippen LogP contribution in [0.1, 0.15) is 23.6 Å². The average Bonchev–Trinajstić information content (AvgIpc) is 3.21. The number of aryl methyl sites for hydroxylation is 3. The summed E-state index contributed by atoms with van der Waals surface area (Å²) in [5, 5.41) is 12.0. The molecule has 2 unspecified atom stereocenters. The fraction of sp³-hybridized carbons (Fsp3) is 0.318. The van der Waals surface area contributed by atoms with E-state index in [0.717, 1.165) is 22.4 Å². The lowest BCUT2D eigenvalue weighted by molar-refractivity contribution is -0.123. The van der Waals surface area contributed by atoms with E-state index in [9.17, 15) is 14.4 Å². The van der Waals surface area contributed by atoms with Crippen molar-refractivity contribution in [1.82, 2.24) is 5.01 Å². The van der Waals surface area contributed by atoms with E-state index < -0.39 is 23.9 Å². The van der Waals surface area contributed by atoms with Crippen LogP contribution in [0.2, 0.25) is 0 Å². The third kappa shape index (κ3) is 3.56. The number of nitrogens with one attached hydrogen (secondary N) is 1. The lowest BCUT2D eigenvalue weighted by Crippen LogP contribution is -2.43. The maximum atomic E-state index is 13.1. The minimum Gasteiger partial charge on any atom is -0.324 e. The molecule has 4 rings (SSSR count). The number of rotatable bonds is 5. The Labute approximate surface area is 174 Å². The van der Waals surface area contributed by atoms with Gasteiger partial charge >= 0.3 is 0 Å². The standard InChI is InChI=1S/C22H23N5O3/c1-4-15-5-7-16(8-6-15)23-18(28)12-26-20-19(24-25-26)21(29)27(22(20)30)17-10-13(2)9-14(3)11-17/h5-11,19-20H,4,12H2,1-3H3,(H,23,28). The zero-order valence-corrected chi connectivity index (χ0v) is 17.1. The average molecular weight is 405 g/mol. The number of amides is 3. The molecule has 0 radical (unpaired) electrons. The first-order chi connectivity index (χ1) is 14.4. The highest BCUT2D eigenvalue weighted by atomic mass is 16.2. The summed E-state index contributed by atoms with van der Waals surface area (Å²) in [7, 11) is 0. The third-order valence-electron chi connectivity index (χ3n) is 5.27. The van der Waals surface area contributed by atoms with Gasteiger partial charge in [-0.2, -0.15) is 5.11 Å². The van der Waals surface area contributed by atoms with Crippen LogP contribution in [0.4, 0.5) is 11.4 Å². The van der Waals surface area contributed by atoms with Gasteiger partial charge in [0.1, 0.15) is 6.54 Å². The molecular weight excluding hydrogens is 382 g/mol. The second-order valence-electron chi connectivity index (χ2n) is 7.65. The van der Waals surface area contributed by atoms with E-state index in [4.69, 9.17) is 0 Å². The normalized spacial score (nSPS) is 20.1. The predicted molar refractivity (Wildman–Crippen MR) is 112 cm³/mol. The van der Waals surface area contributed by atoms with E-state index >= 15 is 0 Å². The Balaban J connectivity index is 1.48. The summed E-state index contributed by atoms with van der Waals surface area (Å²) >= 11 is 0. The smallest absolute Gasteiger partial charge is 0.263 e. The van der Waals surface area contributed by atoms with Crippen LogP contribution in [-0.2, 0) is 20.8 Å². The van der Waals surface area contributed by atoms with Gasteiger partial charge in [-0.3, -0.25) is 19.4 Å². The lowest BCUT2D eigenvalue weighted by atomic mass is 10.1. The highest BCUT2D eigenvalue weighted by Gasteiger charge is 2.55. The van der Waals surface area contributed by atoms with Crippen LogP contribution in [0.3, 0.4) is 0 Å². The first kappa shape index (κ1) is 19.8. The van der Waals surface area contributed by atoms with Gasteiger partial charge in [-0.1, -0.05) is 30.3 Å². The van der Waals surface area contributed by atoms with Crippen LogP contribution in [0, 0.1) is 13.8 Å². The quantitative estimate of drug-likeness (QED) is 0.774. The first-order valence-electron chi connectivity index (χ1n) is 9.89. The molecular formula is C22H23N5O3. The van der Waals surface area contributed by atoms with Crippen molar-refractivity contribution >= 4 is 29.1 Å². The van der Waals surface area contributed by atoms with Crippen molar-refractivity contribution in [3.05, 3.63) is 59.2 Å². The molecule has 8 heteroatoms. The van der Waals surface area contributed by atoms with E-state index in [1.54, 1.807) is 12.1 Å². The Morgan fingerprint density at radius 3 is 2.33 bits per heavy atom. The Hall–Kier alpha value is -3.55. The Morgan fingerprint density at radius 1 is 1.03 bits per heavy atom. The minimum atomic E-state index is -0.921. The fourth-order valence-electron chi connectivity index (χ4n) is 3.86. The zero-order chi connectivity index (χ0) is 21.4. The fourth-order valence-corrected chi connectivity index (χ4v) is 3.86. The van der Waals surface area contributed by atoms with E-state index in [1.165, 1.54) is 10.6 Å². The molecule has 1 N–H and O–H groups in total. The highest BCUT2D eigenvalue weighted by Crippen LogP contribution is 2.32. The van der Waals surface area contributed by atoms with Crippen molar-refractivity contribution in [2.24, 2.45) is 10.3 Å². The van der Waals surface area contributed by atoms with Gasteiger partial charge in [0.05, 0.1) is 5.69 Å². The molecule has 2 aliphatic heterocycles. The summed E-state index contributed by atoms with van der Waals surface area (Å²) < 4.78 is 0. The van der Waals surface area contributed by atoms with E-state index in [0.29, 0.717) is 11.4 Å². The number of imide groups is 1. The number of fused-ring (bicyclic) bond motifs is 1. The van der Waals surface area contributed by atoms with Crippen molar-refractivity contribution < 1.29 is 14.4 Å². The van der Waals surface area contributed by atoms with Crippen molar-refractivity contribution in [3.63, 3.8) is 0 Å². The molecule has 0 aliphatic carbocycles. The summed E-state index contributed by atoms with van der Waals surface area (Å²) in [5.74, 6) is -1.17. The number of hydrogen-bond donors (Lipinski definition) is 1. The molecule has 2 aliphatic rings. The highest BCUT2D eigenvalue weighted by molar-refractivity contribution is 6.25. The van der Waals surface area contributed by atoms with Crippen molar-refractivity contribution in [2.75, 3.05) is 16.8 Å². The Bertz CT molecular complexity index is 1030. The first-order valence-corrected chi connectivity index (χ1v) is 9.89. The maximum absolute atomic E-state index is 13.1. The molecule has 30 heavy (non-hydrogen) atoms. The summed E-state index contributed by atoms with van der Waals surface area (Å²) in [6.45, 7) is 5.71. The molecule has 1 saturated heterocycles. The molecule has 0 aromatic heterocycles. The molecule has 2 atom stereocenters. The monoisotopic (exact) mass is 405 g/mol. The molecule has 2 aromatic carbocycles. The second-order valence-corrected chi connectivity index (χ2v) is 7.65. The SMILES string of the molecule is CCc1ccc(NC(=O)CN2N=NC3C(=O)N(c4cc(C)cc(C)c4)C(=O)C32)cc1. The molecule has 154 valence electrons.